The molecule has 0 saturated heterocycles. The normalized spacial score (nSPS) is 19.8. The number of hydrogen-bond acceptors (Lipinski definition) is 2. The minimum Gasteiger partial charge on any atom is -0.482 e. The highest BCUT2D eigenvalue weighted by Crippen LogP contribution is 2.50. The Morgan fingerprint density at radius 1 is 1.16 bits per heavy atom. The van der Waals surface area contributed by atoms with Crippen LogP contribution in [0.2, 0.25) is 0 Å². The summed E-state index contributed by atoms with van der Waals surface area (Å²) in [5.74, 6) is -1.10. The van der Waals surface area contributed by atoms with Crippen molar-refractivity contribution < 1.29 is 13.5 Å². The molecule has 2 nitrogen and oxygen atoms in total. The number of hydrogen-bond donors (Lipinski definition) is 1. The maximum atomic E-state index is 14.3. The average molecular weight is 341 g/mol. The van der Waals surface area contributed by atoms with E-state index in [0.717, 1.165) is 34.0 Å². The second kappa shape index (κ2) is 5.32. The van der Waals surface area contributed by atoms with Crippen LogP contribution >= 0.6 is 0 Å². The first-order valence-electron chi connectivity index (χ1n) is 8.61. The molecule has 0 radical (unpaired) electrons. The van der Waals surface area contributed by atoms with E-state index in [1.807, 2.05) is 19.1 Å². The van der Waals surface area contributed by atoms with Crippen molar-refractivity contribution in [2.24, 2.45) is 0 Å². The van der Waals surface area contributed by atoms with E-state index in [4.69, 9.17) is 4.74 Å². The molecule has 2 aromatic rings. The fourth-order valence-corrected chi connectivity index (χ4v) is 4.08. The van der Waals surface area contributed by atoms with Crippen molar-refractivity contribution in [3.05, 3.63) is 53.1 Å². The number of halogens is 2. The van der Waals surface area contributed by atoms with E-state index < -0.39 is 11.6 Å². The standard InChI is InChI=1S/C21H21F2NO/c1-5-17-19-13(14-8-12(22)9-15(23)20(14)25-17)6-7-16-18(19)11(2)10-21(3,4)24-16/h6-10,17,24H,5H2,1-4H3. The molecule has 0 aliphatic carbocycles. The second-order valence-electron chi connectivity index (χ2n) is 7.40. The summed E-state index contributed by atoms with van der Waals surface area (Å²) in [4.78, 5) is 0. The summed E-state index contributed by atoms with van der Waals surface area (Å²) < 4.78 is 34.1. The second-order valence-corrected chi connectivity index (χ2v) is 7.40. The van der Waals surface area contributed by atoms with E-state index in [-0.39, 0.29) is 17.4 Å². The van der Waals surface area contributed by atoms with E-state index in [1.165, 1.54) is 6.07 Å². The van der Waals surface area contributed by atoms with Gasteiger partial charge in [-0.3, -0.25) is 0 Å². The molecule has 25 heavy (non-hydrogen) atoms. The van der Waals surface area contributed by atoms with Crippen molar-refractivity contribution in [3.8, 4) is 16.9 Å². The first kappa shape index (κ1) is 16.1. The number of nitrogens with one attached hydrogen (secondary N) is 1. The van der Waals surface area contributed by atoms with Crippen LogP contribution in [-0.2, 0) is 0 Å². The van der Waals surface area contributed by atoms with Crippen LogP contribution in [0.25, 0.3) is 16.7 Å². The van der Waals surface area contributed by atoms with Gasteiger partial charge in [0.2, 0.25) is 0 Å². The molecule has 4 heteroatoms. The lowest BCUT2D eigenvalue weighted by Gasteiger charge is -2.37. The van der Waals surface area contributed by atoms with E-state index >= 15 is 0 Å². The fourth-order valence-electron chi connectivity index (χ4n) is 4.08. The van der Waals surface area contributed by atoms with Crippen molar-refractivity contribution in [1.29, 1.82) is 0 Å². The van der Waals surface area contributed by atoms with Crippen LogP contribution in [0.5, 0.6) is 5.75 Å². The summed E-state index contributed by atoms with van der Waals surface area (Å²) in [7, 11) is 0. The number of rotatable bonds is 1. The smallest absolute Gasteiger partial charge is 0.168 e. The van der Waals surface area contributed by atoms with Crippen LogP contribution < -0.4 is 10.1 Å². The first-order valence-corrected chi connectivity index (χ1v) is 8.61. The molecule has 0 aromatic heterocycles. The van der Waals surface area contributed by atoms with Gasteiger partial charge in [0, 0.05) is 28.4 Å². The Labute approximate surface area is 146 Å². The van der Waals surface area contributed by atoms with Crippen LogP contribution in [0.1, 0.15) is 51.3 Å². The topological polar surface area (TPSA) is 21.3 Å². The van der Waals surface area contributed by atoms with E-state index in [0.29, 0.717) is 12.0 Å². The largest absolute Gasteiger partial charge is 0.482 e. The van der Waals surface area contributed by atoms with Crippen molar-refractivity contribution in [1.82, 2.24) is 0 Å². The molecule has 1 N–H and O–H groups in total. The van der Waals surface area contributed by atoms with Crippen molar-refractivity contribution in [2.45, 2.75) is 45.8 Å². The minimum absolute atomic E-state index is 0.140. The summed E-state index contributed by atoms with van der Waals surface area (Å²) in [5.41, 5.74) is 5.47. The molecule has 2 aliphatic heterocycles. The zero-order valence-electron chi connectivity index (χ0n) is 14.8. The predicted octanol–water partition coefficient (Wildman–Crippen LogP) is 6.08. The summed E-state index contributed by atoms with van der Waals surface area (Å²) in [6.45, 7) is 8.33. The molecule has 2 heterocycles. The molecule has 0 fully saturated rings. The zero-order chi connectivity index (χ0) is 17.9. The third-order valence-electron chi connectivity index (χ3n) is 4.93. The Bertz CT molecular complexity index is 915. The summed E-state index contributed by atoms with van der Waals surface area (Å²) >= 11 is 0. The third-order valence-corrected chi connectivity index (χ3v) is 4.93. The van der Waals surface area contributed by atoms with Gasteiger partial charge in [-0.25, -0.2) is 8.78 Å². The maximum Gasteiger partial charge on any atom is 0.168 e. The SMILES string of the molecule is CCC1Oc2c(F)cc(F)cc2-c2ccc3c(c21)C(C)=CC(C)(C)N3. The molecule has 2 aromatic carbocycles. The number of ether oxygens (including phenoxy) is 1. The predicted molar refractivity (Wildman–Crippen MR) is 96.8 cm³/mol. The van der Waals surface area contributed by atoms with Gasteiger partial charge in [-0.05, 0) is 50.5 Å². The first-order chi connectivity index (χ1) is 11.8. The highest BCUT2D eigenvalue weighted by molar-refractivity contribution is 5.89. The monoisotopic (exact) mass is 341 g/mol. The Kier molecular flexibility index (Phi) is 3.43. The Balaban J connectivity index is 2.03. The lowest BCUT2D eigenvalue weighted by atomic mass is 9.81. The number of fused-ring (bicyclic) bond motifs is 5. The van der Waals surface area contributed by atoms with E-state index in [9.17, 15) is 8.78 Å². The fraction of sp³-hybridized carbons (Fsp3) is 0.333. The third kappa shape index (κ3) is 2.43. The van der Waals surface area contributed by atoms with Crippen molar-refractivity contribution >= 4 is 11.3 Å². The van der Waals surface area contributed by atoms with E-state index in [1.54, 1.807) is 0 Å². The van der Waals surface area contributed by atoms with Gasteiger partial charge in [0.25, 0.3) is 0 Å². The van der Waals surface area contributed by atoms with Gasteiger partial charge < -0.3 is 10.1 Å². The molecule has 1 unspecified atom stereocenters. The zero-order valence-corrected chi connectivity index (χ0v) is 14.8. The lowest BCUT2D eigenvalue weighted by Crippen LogP contribution is -2.32. The van der Waals surface area contributed by atoms with Gasteiger partial charge in [0.1, 0.15) is 11.9 Å². The average Bonchev–Trinajstić information content (AvgIpc) is 2.52. The van der Waals surface area contributed by atoms with Crippen LogP contribution in [0.15, 0.2) is 30.3 Å². The molecule has 0 saturated carbocycles. The van der Waals surface area contributed by atoms with Crippen molar-refractivity contribution in [2.75, 3.05) is 5.32 Å². The molecule has 130 valence electrons. The van der Waals surface area contributed by atoms with Gasteiger partial charge >= 0.3 is 0 Å². The maximum absolute atomic E-state index is 14.3. The minimum atomic E-state index is -0.650. The van der Waals surface area contributed by atoms with Crippen molar-refractivity contribution in [3.63, 3.8) is 0 Å². The molecule has 2 aliphatic rings. The number of benzene rings is 2. The van der Waals surface area contributed by atoms with Crippen LogP contribution in [0.4, 0.5) is 14.5 Å². The van der Waals surface area contributed by atoms with Gasteiger partial charge in [0.15, 0.2) is 11.6 Å². The summed E-state index contributed by atoms with van der Waals surface area (Å²) in [5, 5.41) is 3.53. The summed E-state index contributed by atoms with van der Waals surface area (Å²) in [6.07, 6.45) is 2.63. The van der Waals surface area contributed by atoms with Crippen LogP contribution in [0.3, 0.4) is 0 Å². The van der Waals surface area contributed by atoms with Gasteiger partial charge in [-0.15, -0.1) is 0 Å². The molecule has 4 rings (SSSR count). The van der Waals surface area contributed by atoms with Crippen LogP contribution in [0, 0.1) is 11.6 Å². The molecule has 1 atom stereocenters. The number of anilines is 1. The quantitative estimate of drug-likeness (QED) is 0.678. The van der Waals surface area contributed by atoms with Gasteiger partial charge in [0.05, 0.1) is 5.54 Å². The molecule has 0 spiro atoms. The van der Waals surface area contributed by atoms with Gasteiger partial charge in [-0.2, -0.15) is 0 Å². The number of allylic oxidation sites excluding steroid dienone is 1. The molecule has 0 bridgehead atoms. The highest BCUT2D eigenvalue weighted by Gasteiger charge is 2.34. The van der Waals surface area contributed by atoms with E-state index in [2.05, 4.69) is 32.2 Å². The van der Waals surface area contributed by atoms with Gasteiger partial charge in [-0.1, -0.05) is 19.1 Å². The molecular formula is C21H21F2NO. The molecule has 0 amide bonds. The lowest BCUT2D eigenvalue weighted by molar-refractivity contribution is 0.188. The highest BCUT2D eigenvalue weighted by atomic mass is 19.1. The van der Waals surface area contributed by atoms with Crippen LogP contribution in [-0.4, -0.2) is 5.54 Å². The molecular weight excluding hydrogens is 320 g/mol. The Morgan fingerprint density at radius 3 is 2.64 bits per heavy atom. The Morgan fingerprint density at radius 2 is 1.92 bits per heavy atom. The Hall–Kier alpha value is -2.36. The summed E-state index contributed by atoms with van der Waals surface area (Å²) in [6, 6.07) is 6.18.